The van der Waals surface area contributed by atoms with E-state index in [4.69, 9.17) is 0 Å². The van der Waals surface area contributed by atoms with Gasteiger partial charge in [0.1, 0.15) is 0 Å². The number of anilines is 1. The molecule has 1 aliphatic carbocycles. The van der Waals surface area contributed by atoms with Crippen molar-refractivity contribution in [2.75, 3.05) is 5.32 Å². The van der Waals surface area contributed by atoms with Gasteiger partial charge in [-0.3, -0.25) is 9.48 Å². The molecule has 0 spiro atoms. The number of carbonyl (C=O) groups excluding carboxylic acids is 1. The first kappa shape index (κ1) is 20.2. The van der Waals surface area contributed by atoms with Crippen molar-refractivity contribution in [2.24, 2.45) is 0 Å². The standard InChI is InChI=1S/C23H22F3N3O/c1-15-8-2-6-12-19(15)27-22(30)17-10-4-3-9-16(17)14-29-20-13-7-5-11-18(20)21(28-29)23(24,25)26/h2-4,6,8-10,12H,5,7,11,13-14H2,1H3,(H,27,30). The Bertz CT molecular complexity index is 1090. The molecule has 0 aliphatic heterocycles. The molecule has 156 valence electrons. The highest BCUT2D eigenvalue weighted by Crippen LogP contribution is 2.36. The van der Waals surface area contributed by atoms with Gasteiger partial charge in [-0.25, -0.2) is 0 Å². The van der Waals surface area contributed by atoms with Crippen molar-refractivity contribution in [3.63, 3.8) is 0 Å². The number of rotatable bonds is 4. The molecule has 0 saturated heterocycles. The molecule has 0 unspecified atom stereocenters. The quantitative estimate of drug-likeness (QED) is 0.623. The van der Waals surface area contributed by atoms with Gasteiger partial charge in [0.25, 0.3) is 5.91 Å². The lowest BCUT2D eigenvalue weighted by atomic mass is 9.95. The second-order valence-electron chi connectivity index (χ2n) is 7.56. The summed E-state index contributed by atoms with van der Waals surface area (Å²) in [6, 6.07) is 14.4. The zero-order chi connectivity index (χ0) is 21.3. The average Bonchev–Trinajstić information content (AvgIpc) is 3.09. The van der Waals surface area contributed by atoms with E-state index in [1.807, 2.05) is 31.2 Å². The minimum atomic E-state index is -4.48. The minimum absolute atomic E-state index is 0.121. The number of aryl methyl sites for hydroxylation is 1. The smallest absolute Gasteiger partial charge is 0.322 e. The number of hydrogen-bond donors (Lipinski definition) is 1. The summed E-state index contributed by atoms with van der Waals surface area (Å²) in [6.45, 7) is 2.02. The third-order valence-corrected chi connectivity index (χ3v) is 5.50. The highest BCUT2D eigenvalue weighted by molar-refractivity contribution is 6.05. The van der Waals surface area contributed by atoms with E-state index in [1.54, 1.807) is 24.3 Å². The van der Waals surface area contributed by atoms with Gasteiger partial charge >= 0.3 is 6.18 Å². The van der Waals surface area contributed by atoms with E-state index in [0.29, 0.717) is 40.9 Å². The third kappa shape index (κ3) is 3.97. The number of hydrogen-bond acceptors (Lipinski definition) is 2. The van der Waals surface area contributed by atoms with E-state index in [9.17, 15) is 18.0 Å². The molecule has 0 bridgehead atoms. The van der Waals surface area contributed by atoms with Gasteiger partial charge in [-0.15, -0.1) is 0 Å². The molecule has 4 nitrogen and oxygen atoms in total. The topological polar surface area (TPSA) is 46.9 Å². The van der Waals surface area contributed by atoms with Crippen LogP contribution >= 0.6 is 0 Å². The van der Waals surface area contributed by atoms with Gasteiger partial charge in [0.05, 0.1) is 6.54 Å². The highest BCUT2D eigenvalue weighted by Gasteiger charge is 2.39. The molecule has 2 aromatic carbocycles. The first-order valence-corrected chi connectivity index (χ1v) is 9.95. The van der Waals surface area contributed by atoms with Gasteiger partial charge in [0.2, 0.25) is 0 Å². The van der Waals surface area contributed by atoms with Gasteiger partial charge in [-0.2, -0.15) is 18.3 Å². The highest BCUT2D eigenvalue weighted by atomic mass is 19.4. The second-order valence-corrected chi connectivity index (χ2v) is 7.56. The van der Waals surface area contributed by atoms with Crippen LogP contribution in [-0.2, 0) is 25.6 Å². The predicted molar refractivity (Wildman–Crippen MR) is 109 cm³/mol. The minimum Gasteiger partial charge on any atom is -0.322 e. The van der Waals surface area contributed by atoms with Crippen LogP contribution < -0.4 is 5.32 Å². The van der Waals surface area contributed by atoms with Crippen LogP contribution in [0.5, 0.6) is 0 Å². The Labute approximate surface area is 172 Å². The van der Waals surface area contributed by atoms with Crippen molar-refractivity contribution >= 4 is 11.6 Å². The lowest BCUT2D eigenvalue weighted by Crippen LogP contribution is -2.17. The summed E-state index contributed by atoms with van der Waals surface area (Å²) in [5, 5.41) is 6.81. The van der Waals surface area contributed by atoms with E-state index < -0.39 is 11.9 Å². The Morgan fingerprint density at radius 2 is 1.77 bits per heavy atom. The molecule has 30 heavy (non-hydrogen) atoms. The largest absolute Gasteiger partial charge is 0.435 e. The Balaban J connectivity index is 1.66. The number of carbonyl (C=O) groups is 1. The molecule has 7 heteroatoms. The zero-order valence-electron chi connectivity index (χ0n) is 16.6. The summed E-state index contributed by atoms with van der Waals surface area (Å²) >= 11 is 0. The molecule has 0 atom stereocenters. The maximum atomic E-state index is 13.5. The van der Waals surface area contributed by atoms with E-state index in [0.717, 1.165) is 18.4 Å². The maximum Gasteiger partial charge on any atom is 0.435 e. The Kier molecular flexibility index (Phi) is 5.37. The van der Waals surface area contributed by atoms with Crippen molar-refractivity contribution < 1.29 is 18.0 Å². The van der Waals surface area contributed by atoms with Crippen LogP contribution in [0.25, 0.3) is 0 Å². The van der Waals surface area contributed by atoms with Gasteiger partial charge < -0.3 is 5.32 Å². The number of aromatic nitrogens is 2. The zero-order valence-corrected chi connectivity index (χ0v) is 16.6. The number of halogens is 3. The molecule has 1 aliphatic rings. The summed E-state index contributed by atoms with van der Waals surface area (Å²) in [6.07, 6.45) is -1.95. The number of para-hydroxylation sites is 1. The lowest BCUT2D eigenvalue weighted by molar-refractivity contribution is -0.142. The number of amides is 1. The molecular formula is C23H22F3N3O. The third-order valence-electron chi connectivity index (χ3n) is 5.50. The van der Waals surface area contributed by atoms with Gasteiger partial charge in [0.15, 0.2) is 5.69 Å². The number of nitrogens with one attached hydrogen (secondary N) is 1. The van der Waals surface area contributed by atoms with Gasteiger partial charge in [-0.1, -0.05) is 36.4 Å². The van der Waals surface area contributed by atoms with E-state index >= 15 is 0 Å². The summed E-state index contributed by atoms with van der Waals surface area (Å²) in [5.41, 5.74) is 2.83. The fourth-order valence-electron chi connectivity index (χ4n) is 3.97. The van der Waals surface area contributed by atoms with Crippen LogP contribution in [0.2, 0.25) is 0 Å². The Morgan fingerprint density at radius 3 is 2.53 bits per heavy atom. The first-order valence-electron chi connectivity index (χ1n) is 9.95. The fourth-order valence-corrected chi connectivity index (χ4v) is 3.97. The van der Waals surface area contributed by atoms with Crippen molar-refractivity contribution in [1.29, 1.82) is 0 Å². The maximum absolute atomic E-state index is 13.5. The molecular weight excluding hydrogens is 391 g/mol. The molecule has 0 radical (unpaired) electrons. The van der Waals surface area contributed by atoms with Crippen LogP contribution in [0.1, 0.15) is 51.3 Å². The molecule has 0 saturated carbocycles. The fraction of sp³-hybridized carbons (Fsp3) is 0.304. The second kappa shape index (κ2) is 7.97. The number of benzene rings is 2. The lowest BCUT2D eigenvalue weighted by Gasteiger charge is -2.16. The summed E-state index contributed by atoms with van der Waals surface area (Å²) < 4.78 is 41.9. The van der Waals surface area contributed by atoms with E-state index in [-0.39, 0.29) is 12.5 Å². The van der Waals surface area contributed by atoms with E-state index in [2.05, 4.69) is 10.4 Å². The van der Waals surface area contributed by atoms with Crippen LogP contribution in [0.15, 0.2) is 48.5 Å². The van der Waals surface area contributed by atoms with E-state index in [1.165, 1.54) is 4.68 Å². The molecule has 1 N–H and O–H groups in total. The molecule has 3 aromatic rings. The van der Waals surface area contributed by atoms with Crippen molar-refractivity contribution in [2.45, 2.75) is 45.3 Å². The van der Waals surface area contributed by atoms with Crippen LogP contribution in [0, 0.1) is 6.92 Å². The van der Waals surface area contributed by atoms with Crippen LogP contribution in [-0.4, -0.2) is 15.7 Å². The number of fused-ring (bicyclic) bond motifs is 1. The Morgan fingerprint density at radius 1 is 1.07 bits per heavy atom. The Hall–Kier alpha value is -3.09. The molecule has 1 amide bonds. The summed E-state index contributed by atoms with van der Waals surface area (Å²) in [7, 11) is 0. The average molecular weight is 413 g/mol. The number of alkyl halides is 3. The summed E-state index contributed by atoms with van der Waals surface area (Å²) in [5.74, 6) is -0.294. The van der Waals surface area contributed by atoms with Crippen molar-refractivity contribution in [3.8, 4) is 0 Å². The van der Waals surface area contributed by atoms with Crippen LogP contribution in [0.4, 0.5) is 18.9 Å². The molecule has 0 fully saturated rings. The van der Waals surface area contributed by atoms with Crippen LogP contribution in [0.3, 0.4) is 0 Å². The summed E-state index contributed by atoms with van der Waals surface area (Å²) in [4.78, 5) is 12.9. The van der Waals surface area contributed by atoms with Crippen molar-refractivity contribution in [1.82, 2.24) is 9.78 Å². The monoisotopic (exact) mass is 413 g/mol. The molecule has 1 aromatic heterocycles. The van der Waals surface area contributed by atoms with Gasteiger partial charge in [0, 0.05) is 22.5 Å². The number of nitrogens with zero attached hydrogens (tertiary/aromatic N) is 2. The first-order chi connectivity index (χ1) is 14.3. The normalized spacial score (nSPS) is 13.7. The molecule has 1 heterocycles. The molecule has 4 rings (SSSR count). The SMILES string of the molecule is Cc1ccccc1NC(=O)c1ccccc1Cn1nc(C(F)(F)F)c2c1CCCC2. The van der Waals surface area contributed by atoms with Crippen molar-refractivity contribution in [3.05, 3.63) is 82.2 Å². The predicted octanol–water partition coefficient (Wildman–Crippen LogP) is 5.39. The van der Waals surface area contributed by atoms with Gasteiger partial charge in [-0.05, 0) is 55.9 Å².